The summed E-state index contributed by atoms with van der Waals surface area (Å²) >= 11 is 0. The molecule has 2 atom stereocenters. The molecule has 0 heterocycles. The number of benzene rings is 1. The largest absolute Gasteiger partial charge is 0.389 e. The Morgan fingerprint density at radius 1 is 1.28 bits per heavy atom. The molecule has 1 rings (SSSR count). The van der Waals surface area contributed by atoms with Crippen molar-refractivity contribution in [1.29, 1.82) is 0 Å². The minimum Gasteiger partial charge on any atom is -0.389 e. The molecule has 1 aromatic rings. The quantitative estimate of drug-likeness (QED) is 0.663. The van der Waals surface area contributed by atoms with E-state index in [4.69, 9.17) is 4.74 Å². The maximum Gasteiger partial charge on any atom is 0.0897 e. The Bertz CT molecular complexity index is 303. The summed E-state index contributed by atoms with van der Waals surface area (Å²) in [5, 5.41) is 13.1. The molecular weight excluding hydrogens is 226 g/mol. The molecule has 0 bridgehead atoms. The van der Waals surface area contributed by atoms with Crippen LogP contribution in [-0.4, -0.2) is 31.0 Å². The lowest BCUT2D eigenvalue weighted by molar-refractivity contribution is 0.0348. The molecule has 2 unspecified atom stereocenters. The van der Waals surface area contributed by atoms with Crippen LogP contribution < -0.4 is 5.32 Å². The van der Waals surface area contributed by atoms with Gasteiger partial charge in [0.1, 0.15) is 0 Å². The Labute approximate surface area is 110 Å². The smallest absolute Gasteiger partial charge is 0.0897 e. The fourth-order valence-corrected chi connectivity index (χ4v) is 1.70. The lowest BCUT2D eigenvalue weighted by atomic mass is 10.1. The third-order valence-electron chi connectivity index (χ3n) is 2.91. The van der Waals surface area contributed by atoms with E-state index in [0.717, 1.165) is 19.4 Å². The normalized spacial score (nSPS) is 14.4. The fraction of sp³-hybridized carbons (Fsp3) is 0.600. The zero-order chi connectivity index (χ0) is 13.2. The molecule has 102 valence electrons. The van der Waals surface area contributed by atoms with Gasteiger partial charge in [0.15, 0.2) is 0 Å². The molecule has 0 amide bonds. The van der Waals surface area contributed by atoms with Crippen molar-refractivity contribution in [3.8, 4) is 0 Å². The van der Waals surface area contributed by atoms with Gasteiger partial charge in [0, 0.05) is 19.2 Å². The van der Waals surface area contributed by atoms with Gasteiger partial charge in [-0.2, -0.15) is 0 Å². The van der Waals surface area contributed by atoms with Crippen LogP contribution in [0.5, 0.6) is 0 Å². The Kier molecular flexibility index (Phi) is 7.65. The van der Waals surface area contributed by atoms with Crippen molar-refractivity contribution in [2.75, 3.05) is 19.8 Å². The average molecular weight is 251 g/mol. The maximum absolute atomic E-state index is 9.76. The van der Waals surface area contributed by atoms with Gasteiger partial charge in [0.2, 0.25) is 0 Å². The molecule has 3 heteroatoms. The predicted molar refractivity (Wildman–Crippen MR) is 74.6 cm³/mol. The van der Waals surface area contributed by atoms with E-state index in [0.29, 0.717) is 13.2 Å². The van der Waals surface area contributed by atoms with Crippen molar-refractivity contribution in [1.82, 2.24) is 5.32 Å². The van der Waals surface area contributed by atoms with Crippen molar-refractivity contribution >= 4 is 0 Å². The van der Waals surface area contributed by atoms with Crippen molar-refractivity contribution in [2.24, 2.45) is 0 Å². The van der Waals surface area contributed by atoms with Gasteiger partial charge >= 0.3 is 0 Å². The van der Waals surface area contributed by atoms with Crippen LogP contribution in [0.15, 0.2) is 30.3 Å². The highest BCUT2D eigenvalue weighted by atomic mass is 16.5. The number of nitrogens with one attached hydrogen (secondary N) is 1. The summed E-state index contributed by atoms with van der Waals surface area (Å²) in [5.41, 5.74) is 1.23. The van der Waals surface area contributed by atoms with Gasteiger partial charge in [-0.25, -0.2) is 0 Å². The molecule has 3 nitrogen and oxygen atoms in total. The van der Waals surface area contributed by atoms with Crippen LogP contribution in [0.4, 0.5) is 0 Å². The SMILES string of the molecule is CCCCOCC(O)CNC(C)c1ccccc1. The molecule has 0 spiro atoms. The first-order valence-electron chi connectivity index (χ1n) is 6.78. The molecule has 1 aromatic carbocycles. The van der Waals surface area contributed by atoms with E-state index in [9.17, 15) is 5.11 Å². The summed E-state index contributed by atoms with van der Waals surface area (Å²) in [7, 11) is 0. The molecule has 0 fully saturated rings. The molecule has 2 N–H and O–H groups in total. The van der Waals surface area contributed by atoms with Crippen LogP contribution in [0.2, 0.25) is 0 Å². The second-order valence-electron chi connectivity index (χ2n) is 4.62. The molecule has 18 heavy (non-hydrogen) atoms. The van der Waals surface area contributed by atoms with E-state index in [1.807, 2.05) is 18.2 Å². The Hall–Kier alpha value is -0.900. The topological polar surface area (TPSA) is 41.5 Å². The van der Waals surface area contributed by atoms with E-state index in [2.05, 4.69) is 31.3 Å². The lowest BCUT2D eigenvalue weighted by Crippen LogP contribution is -2.32. The number of ether oxygens (including phenoxy) is 1. The molecular formula is C15H25NO2. The van der Waals surface area contributed by atoms with Crippen molar-refractivity contribution in [3.63, 3.8) is 0 Å². The van der Waals surface area contributed by atoms with Gasteiger partial charge in [0.05, 0.1) is 12.7 Å². The third-order valence-corrected chi connectivity index (χ3v) is 2.91. The summed E-state index contributed by atoms with van der Waals surface area (Å²) in [5.74, 6) is 0. The highest BCUT2D eigenvalue weighted by Gasteiger charge is 2.08. The first-order valence-corrected chi connectivity index (χ1v) is 6.78. The van der Waals surface area contributed by atoms with Crippen LogP contribution in [0.3, 0.4) is 0 Å². The number of aliphatic hydroxyl groups is 1. The monoisotopic (exact) mass is 251 g/mol. The summed E-state index contributed by atoms with van der Waals surface area (Å²) in [6.45, 7) is 5.93. The first-order chi connectivity index (χ1) is 8.74. The van der Waals surface area contributed by atoms with E-state index < -0.39 is 6.10 Å². The van der Waals surface area contributed by atoms with E-state index in [-0.39, 0.29) is 6.04 Å². The van der Waals surface area contributed by atoms with Crippen LogP contribution in [0, 0.1) is 0 Å². The van der Waals surface area contributed by atoms with Crippen LogP contribution in [-0.2, 0) is 4.74 Å². The van der Waals surface area contributed by atoms with Crippen molar-refractivity contribution < 1.29 is 9.84 Å². The second-order valence-corrected chi connectivity index (χ2v) is 4.62. The fourth-order valence-electron chi connectivity index (χ4n) is 1.70. The second kappa shape index (κ2) is 9.09. The van der Waals surface area contributed by atoms with E-state index in [1.165, 1.54) is 5.56 Å². The molecule has 0 aromatic heterocycles. The Morgan fingerprint density at radius 3 is 2.67 bits per heavy atom. The van der Waals surface area contributed by atoms with Crippen LogP contribution in [0.25, 0.3) is 0 Å². The molecule has 0 aliphatic rings. The first kappa shape index (κ1) is 15.2. The highest BCUT2D eigenvalue weighted by Crippen LogP contribution is 2.10. The number of hydrogen-bond donors (Lipinski definition) is 2. The standard InChI is InChI=1S/C15H25NO2/c1-3-4-10-18-12-15(17)11-16-13(2)14-8-6-5-7-9-14/h5-9,13,15-17H,3-4,10-12H2,1-2H3. The molecule has 0 aliphatic carbocycles. The summed E-state index contributed by atoms with van der Waals surface area (Å²) < 4.78 is 5.38. The van der Waals surface area contributed by atoms with Crippen molar-refractivity contribution in [3.05, 3.63) is 35.9 Å². The van der Waals surface area contributed by atoms with Crippen LogP contribution in [0.1, 0.15) is 38.3 Å². The zero-order valence-corrected chi connectivity index (χ0v) is 11.4. The highest BCUT2D eigenvalue weighted by molar-refractivity contribution is 5.17. The Morgan fingerprint density at radius 2 is 2.00 bits per heavy atom. The summed E-state index contributed by atoms with van der Waals surface area (Å²) in [6.07, 6.45) is 1.74. The van der Waals surface area contributed by atoms with Crippen molar-refractivity contribution in [2.45, 2.75) is 38.8 Å². The molecule has 0 saturated carbocycles. The number of unbranched alkanes of at least 4 members (excludes halogenated alkanes) is 1. The maximum atomic E-state index is 9.76. The van der Waals surface area contributed by atoms with Gasteiger partial charge in [-0.15, -0.1) is 0 Å². The van der Waals surface area contributed by atoms with E-state index >= 15 is 0 Å². The van der Waals surface area contributed by atoms with Gasteiger partial charge < -0.3 is 15.2 Å². The molecule has 0 aliphatic heterocycles. The molecule has 0 radical (unpaired) electrons. The zero-order valence-electron chi connectivity index (χ0n) is 11.4. The molecule has 0 saturated heterocycles. The third kappa shape index (κ3) is 6.15. The number of rotatable bonds is 9. The minimum atomic E-state index is -0.437. The predicted octanol–water partition coefficient (Wildman–Crippen LogP) is 2.51. The number of hydrogen-bond acceptors (Lipinski definition) is 3. The van der Waals surface area contributed by atoms with Gasteiger partial charge in [-0.05, 0) is 18.9 Å². The average Bonchev–Trinajstić information content (AvgIpc) is 2.42. The summed E-state index contributed by atoms with van der Waals surface area (Å²) in [4.78, 5) is 0. The summed E-state index contributed by atoms with van der Waals surface area (Å²) in [6, 6.07) is 10.5. The lowest BCUT2D eigenvalue weighted by Gasteiger charge is -2.17. The van der Waals surface area contributed by atoms with Gasteiger partial charge in [0.25, 0.3) is 0 Å². The Balaban J connectivity index is 2.16. The minimum absolute atomic E-state index is 0.247. The number of aliphatic hydroxyl groups excluding tert-OH is 1. The van der Waals surface area contributed by atoms with Crippen LogP contribution >= 0.6 is 0 Å². The van der Waals surface area contributed by atoms with E-state index in [1.54, 1.807) is 0 Å². The van der Waals surface area contributed by atoms with Gasteiger partial charge in [-0.3, -0.25) is 0 Å². The van der Waals surface area contributed by atoms with Gasteiger partial charge in [-0.1, -0.05) is 43.7 Å².